The Labute approximate surface area is 76.5 Å². The van der Waals surface area contributed by atoms with Crippen LogP contribution in [0.5, 0.6) is 0 Å². The van der Waals surface area contributed by atoms with E-state index in [1.54, 1.807) is 0 Å². The molecule has 0 heterocycles. The van der Waals surface area contributed by atoms with E-state index in [0.29, 0.717) is 0 Å². The van der Waals surface area contributed by atoms with E-state index in [4.69, 9.17) is 0 Å². The van der Waals surface area contributed by atoms with Crippen LogP contribution in [0.25, 0.3) is 0 Å². The van der Waals surface area contributed by atoms with Gasteiger partial charge in [0.25, 0.3) is 0 Å². The third-order valence-corrected chi connectivity index (χ3v) is 2.23. The normalized spacial score (nSPS) is 15.4. The summed E-state index contributed by atoms with van der Waals surface area (Å²) in [5, 5.41) is 9.67. The molecule has 1 heteroatoms. The summed E-state index contributed by atoms with van der Waals surface area (Å²) in [6.45, 7) is 8.16. The molecule has 0 rings (SSSR count). The van der Waals surface area contributed by atoms with Gasteiger partial charge < -0.3 is 5.11 Å². The summed E-state index contributed by atoms with van der Waals surface area (Å²) in [5.41, 5.74) is 0.918. The number of aliphatic hydroxyl groups is 1. The Hall–Kier alpha value is -0.300. The highest BCUT2D eigenvalue weighted by Crippen LogP contribution is 2.17. The van der Waals surface area contributed by atoms with Crippen molar-refractivity contribution in [1.82, 2.24) is 0 Å². The van der Waals surface area contributed by atoms with E-state index >= 15 is 0 Å². The van der Waals surface area contributed by atoms with E-state index in [2.05, 4.69) is 19.9 Å². The zero-order valence-electron chi connectivity index (χ0n) is 8.85. The van der Waals surface area contributed by atoms with Crippen molar-refractivity contribution in [3.8, 4) is 0 Å². The summed E-state index contributed by atoms with van der Waals surface area (Å²) in [7, 11) is 0. The van der Waals surface area contributed by atoms with Crippen molar-refractivity contribution in [2.24, 2.45) is 0 Å². The van der Waals surface area contributed by atoms with Gasteiger partial charge in [-0.25, -0.2) is 0 Å². The number of allylic oxidation sites excluding steroid dienone is 2. The zero-order valence-corrected chi connectivity index (χ0v) is 8.85. The molecule has 0 fully saturated rings. The Morgan fingerprint density at radius 2 is 2.00 bits per heavy atom. The molecule has 1 unspecified atom stereocenters. The fraction of sp³-hybridized carbons (Fsp3) is 0.818. The van der Waals surface area contributed by atoms with Crippen molar-refractivity contribution in [3.63, 3.8) is 0 Å². The molecular weight excluding hydrogens is 148 g/mol. The lowest BCUT2D eigenvalue weighted by molar-refractivity contribution is 0.0452. The van der Waals surface area contributed by atoms with Crippen LogP contribution in [-0.4, -0.2) is 10.7 Å². The second-order valence-corrected chi connectivity index (χ2v) is 4.02. The molecule has 0 bridgehead atoms. The SMILES string of the molecule is CCC(C)(O)CCCC=C(C)C. The van der Waals surface area contributed by atoms with Gasteiger partial charge in [-0.2, -0.15) is 0 Å². The van der Waals surface area contributed by atoms with E-state index in [1.807, 2.05) is 13.8 Å². The number of unbranched alkanes of at least 4 members (excludes halogenated alkanes) is 1. The highest BCUT2D eigenvalue weighted by Gasteiger charge is 2.15. The van der Waals surface area contributed by atoms with Crippen LogP contribution in [0.15, 0.2) is 11.6 Å². The summed E-state index contributed by atoms with van der Waals surface area (Å²) in [5.74, 6) is 0. The lowest BCUT2D eigenvalue weighted by atomic mass is 9.96. The first-order valence-corrected chi connectivity index (χ1v) is 4.83. The molecule has 0 aromatic carbocycles. The Morgan fingerprint density at radius 1 is 1.42 bits per heavy atom. The van der Waals surface area contributed by atoms with Crippen molar-refractivity contribution < 1.29 is 5.11 Å². The number of hydrogen-bond acceptors (Lipinski definition) is 1. The molecule has 0 aromatic rings. The van der Waals surface area contributed by atoms with Crippen LogP contribution in [0.2, 0.25) is 0 Å². The predicted octanol–water partition coefficient (Wildman–Crippen LogP) is 3.28. The average Bonchev–Trinajstić information content (AvgIpc) is 1.98. The Morgan fingerprint density at radius 3 is 2.42 bits per heavy atom. The molecule has 0 aliphatic rings. The van der Waals surface area contributed by atoms with Crippen LogP contribution in [0, 0.1) is 0 Å². The molecule has 1 nitrogen and oxygen atoms in total. The van der Waals surface area contributed by atoms with Crippen LogP contribution >= 0.6 is 0 Å². The van der Waals surface area contributed by atoms with E-state index in [-0.39, 0.29) is 0 Å². The molecule has 0 spiro atoms. The van der Waals surface area contributed by atoms with Crippen LogP contribution < -0.4 is 0 Å². The zero-order chi connectivity index (χ0) is 9.61. The van der Waals surface area contributed by atoms with Crippen LogP contribution in [0.3, 0.4) is 0 Å². The topological polar surface area (TPSA) is 20.2 Å². The molecule has 0 saturated carbocycles. The smallest absolute Gasteiger partial charge is 0.0617 e. The first-order chi connectivity index (χ1) is 5.48. The summed E-state index contributed by atoms with van der Waals surface area (Å²) in [6, 6.07) is 0. The molecule has 0 aliphatic carbocycles. The molecule has 1 atom stereocenters. The summed E-state index contributed by atoms with van der Waals surface area (Å²) < 4.78 is 0. The number of rotatable bonds is 5. The second kappa shape index (κ2) is 5.36. The van der Waals surface area contributed by atoms with Crippen molar-refractivity contribution in [3.05, 3.63) is 11.6 Å². The van der Waals surface area contributed by atoms with Crippen molar-refractivity contribution in [1.29, 1.82) is 0 Å². The van der Waals surface area contributed by atoms with Gasteiger partial charge in [0.1, 0.15) is 0 Å². The first-order valence-electron chi connectivity index (χ1n) is 4.83. The van der Waals surface area contributed by atoms with E-state index < -0.39 is 5.60 Å². The van der Waals surface area contributed by atoms with Gasteiger partial charge >= 0.3 is 0 Å². The molecular formula is C11H22O. The molecule has 12 heavy (non-hydrogen) atoms. The predicted molar refractivity (Wildman–Crippen MR) is 54.2 cm³/mol. The lowest BCUT2D eigenvalue weighted by Crippen LogP contribution is -2.21. The van der Waals surface area contributed by atoms with Gasteiger partial charge in [0.05, 0.1) is 5.60 Å². The van der Waals surface area contributed by atoms with Gasteiger partial charge in [-0.05, 0) is 46.5 Å². The fourth-order valence-electron chi connectivity index (χ4n) is 1.05. The summed E-state index contributed by atoms with van der Waals surface area (Å²) in [6.07, 6.45) is 6.17. The highest BCUT2D eigenvalue weighted by atomic mass is 16.3. The van der Waals surface area contributed by atoms with Gasteiger partial charge in [-0.1, -0.05) is 18.6 Å². The maximum absolute atomic E-state index is 9.67. The molecule has 0 amide bonds. The molecule has 0 aliphatic heterocycles. The van der Waals surface area contributed by atoms with E-state index in [9.17, 15) is 5.11 Å². The van der Waals surface area contributed by atoms with Crippen LogP contribution in [0.1, 0.15) is 53.4 Å². The minimum Gasteiger partial charge on any atom is -0.390 e. The number of hydrogen-bond donors (Lipinski definition) is 1. The monoisotopic (exact) mass is 170 g/mol. The molecule has 72 valence electrons. The minimum atomic E-state index is -0.449. The quantitative estimate of drug-likeness (QED) is 0.496. The Balaban J connectivity index is 3.50. The first kappa shape index (κ1) is 11.7. The molecule has 0 saturated heterocycles. The van der Waals surface area contributed by atoms with Crippen molar-refractivity contribution >= 4 is 0 Å². The van der Waals surface area contributed by atoms with Gasteiger partial charge in [0.15, 0.2) is 0 Å². The second-order valence-electron chi connectivity index (χ2n) is 4.02. The Bertz CT molecular complexity index is 141. The average molecular weight is 170 g/mol. The standard InChI is InChI=1S/C11H22O/c1-5-11(4,12)9-7-6-8-10(2)3/h8,12H,5-7,9H2,1-4H3. The van der Waals surface area contributed by atoms with Gasteiger partial charge in [-0.15, -0.1) is 0 Å². The maximum atomic E-state index is 9.67. The minimum absolute atomic E-state index is 0.449. The molecule has 1 N–H and O–H groups in total. The fourth-order valence-corrected chi connectivity index (χ4v) is 1.05. The molecule has 0 aromatic heterocycles. The molecule has 0 radical (unpaired) electrons. The summed E-state index contributed by atoms with van der Waals surface area (Å²) in [4.78, 5) is 0. The highest BCUT2D eigenvalue weighted by molar-refractivity contribution is 4.92. The van der Waals surface area contributed by atoms with E-state index in [1.165, 1.54) is 5.57 Å². The van der Waals surface area contributed by atoms with Gasteiger partial charge in [-0.3, -0.25) is 0 Å². The van der Waals surface area contributed by atoms with Crippen LogP contribution in [0.4, 0.5) is 0 Å². The maximum Gasteiger partial charge on any atom is 0.0617 e. The van der Waals surface area contributed by atoms with Gasteiger partial charge in [0, 0.05) is 0 Å². The van der Waals surface area contributed by atoms with Gasteiger partial charge in [0.2, 0.25) is 0 Å². The van der Waals surface area contributed by atoms with E-state index in [0.717, 1.165) is 25.7 Å². The van der Waals surface area contributed by atoms with Crippen LogP contribution in [-0.2, 0) is 0 Å². The largest absolute Gasteiger partial charge is 0.390 e. The Kier molecular flexibility index (Phi) is 5.23. The third-order valence-electron chi connectivity index (χ3n) is 2.23. The summed E-state index contributed by atoms with van der Waals surface area (Å²) >= 11 is 0. The van der Waals surface area contributed by atoms with Crippen molar-refractivity contribution in [2.75, 3.05) is 0 Å². The lowest BCUT2D eigenvalue weighted by Gasteiger charge is -2.20. The van der Waals surface area contributed by atoms with Crippen molar-refractivity contribution in [2.45, 2.75) is 59.0 Å². The third kappa shape index (κ3) is 6.41.